The normalized spacial score (nSPS) is 23.4. The third-order valence-corrected chi connectivity index (χ3v) is 4.49. The first-order chi connectivity index (χ1) is 8.08. The van der Waals surface area contributed by atoms with E-state index < -0.39 is 0 Å². The second kappa shape index (κ2) is 7.40. The predicted octanol–water partition coefficient (Wildman–Crippen LogP) is 3.88. The van der Waals surface area contributed by atoms with E-state index in [0.29, 0.717) is 0 Å². The molecule has 0 radical (unpaired) electrons. The van der Waals surface area contributed by atoms with Crippen LogP contribution in [0.2, 0.25) is 0 Å². The van der Waals surface area contributed by atoms with Crippen molar-refractivity contribution in [2.75, 3.05) is 11.9 Å². The van der Waals surface area contributed by atoms with Crippen molar-refractivity contribution < 1.29 is 4.79 Å². The quantitative estimate of drug-likeness (QED) is 0.585. The number of amides is 1. The van der Waals surface area contributed by atoms with Gasteiger partial charge in [-0.2, -0.15) is 0 Å². The lowest BCUT2D eigenvalue weighted by Crippen LogP contribution is -2.41. The number of alkyl halides is 1. The lowest BCUT2D eigenvalue weighted by Gasteiger charge is -2.37. The summed E-state index contributed by atoms with van der Waals surface area (Å²) in [6, 6.07) is 0. The number of rotatable bonds is 6. The summed E-state index contributed by atoms with van der Waals surface area (Å²) in [6.45, 7) is 5.32. The smallest absolute Gasteiger partial charge is 0.223 e. The number of halogens is 1. The van der Waals surface area contributed by atoms with Gasteiger partial charge >= 0.3 is 0 Å². The Morgan fingerprint density at radius 3 is 2.71 bits per heavy atom. The monoisotopic (exact) mass is 303 g/mol. The zero-order valence-corrected chi connectivity index (χ0v) is 12.8. The first-order valence-corrected chi connectivity index (χ1v) is 8.04. The molecule has 1 N–H and O–H groups in total. The fraction of sp³-hybridized carbons (Fsp3) is 0.929. The Hall–Kier alpha value is -0.0500. The van der Waals surface area contributed by atoms with Gasteiger partial charge in [0, 0.05) is 17.8 Å². The standard InChI is InChI=1S/C14H26BrNO/c1-14(2)9-5-4-8-12(14)13(17)16-11-7-3-6-10-15/h12H,3-11H2,1-2H3,(H,16,17). The average molecular weight is 304 g/mol. The van der Waals surface area contributed by atoms with E-state index in [0.717, 1.165) is 24.7 Å². The van der Waals surface area contributed by atoms with E-state index in [1.54, 1.807) is 0 Å². The molecule has 0 spiro atoms. The minimum atomic E-state index is 0.193. The highest BCUT2D eigenvalue weighted by Crippen LogP contribution is 2.40. The molecule has 100 valence electrons. The molecule has 1 amide bonds. The number of carbonyl (C=O) groups is 1. The molecule has 1 aliphatic carbocycles. The van der Waals surface area contributed by atoms with Crippen LogP contribution in [0.1, 0.15) is 58.8 Å². The molecular formula is C14H26BrNO. The van der Waals surface area contributed by atoms with Crippen LogP contribution in [-0.4, -0.2) is 17.8 Å². The van der Waals surface area contributed by atoms with Gasteiger partial charge in [0.05, 0.1) is 0 Å². The van der Waals surface area contributed by atoms with Crippen LogP contribution in [0.25, 0.3) is 0 Å². The zero-order chi connectivity index (χ0) is 12.7. The topological polar surface area (TPSA) is 29.1 Å². The number of carbonyl (C=O) groups excluding carboxylic acids is 1. The lowest BCUT2D eigenvalue weighted by atomic mass is 9.68. The van der Waals surface area contributed by atoms with Crippen molar-refractivity contribution in [3.05, 3.63) is 0 Å². The first kappa shape index (κ1) is 15.0. The van der Waals surface area contributed by atoms with E-state index in [1.807, 2.05) is 0 Å². The van der Waals surface area contributed by atoms with Crippen LogP contribution in [0.15, 0.2) is 0 Å². The van der Waals surface area contributed by atoms with Gasteiger partial charge in [0.1, 0.15) is 0 Å². The molecule has 1 unspecified atom stereocenters. The summed E-state index contributed by atoms with van der Waals surface area (Å²) in [7, 11) is 0. The summed E-state index contributed by atoms with van der Waals surface area (Å²) < 4.78 is 0. The Morgan fingerprint density at radius 1 is 1.29 bits per heavy atom. The minimum absolute atomic E-state index is 0.193. The van der Waals surface area contributed by atoms with E-state index in [4.69, 9.17) is 0 Å². The maximum atomic E-state index is 12.1. The van der Waals surface area contributed by atoms with Gasteiger partial charge in [0.2, 0.25) is 5.91 Å². The second-order valence-electron chi connectivity index (χ2n) is 5.83. The van der Waals surface area contributed by atoms with Gasteiger partial charge in [0.15, 0.2) is 0 Å². The summed E-state index contributed by atoms with van der Waals surface area (Å²) in [5.74, 6) is 0.515. The molecular weight excluding hydrogens is 278 g/mol. The maximum absolute atomic E-state index is 12.1. The fourth-order valence-corrected chi connectivity index (χ4v) is 3.11. The number of nitrogens with one attached hydrogen (secondary N) is 1. The van der Waals surface area contributed by atoms with Crippen molar-refractivity contribution in [1.82, 2.24) is 5.32 Å². The molecule has 0 bridgehead atoms. The Balaban J connectivity index is 2.26. The molecule has 0 heterocycles. The first-order valence-electron chi connectivity index (χ1n) is 6.91. The highest BCUT2D eigenvalue weighted by molar-refractivity contribution is 9.09. The van der Waals surface area contributed by atoms with Crippen molar-refractivity contribution in [2.45, 2.75) is 58.8 Å². The molecule has 1 rings (SSSR count). The van der Waals surface area contributed by atoms with Crippen molar-refractivity contribution in [1.29, 1.82) is 0 Å². The van der Waals surface area contributed by atoms with Gasteiger partial charge in [-0.15, -0.1) is 0 Å². The van der Waals surface area contributed by atoms with Gasteiger partial charge in [-0.1, -0.05) is 49.0 Å². The van der Waals surface area contributed by atoms with Gasteiger partial charge in [0.25, 0.3) is 0 Å². The predicted molar refractivity (Wildman–Crippen MR) is 76.4 cm³/mol. The van der Waals surface area contributed by atoms with Crippen LogP contribution >= 0.6 is 15.9 Å². The molecule has 17 heavy (non-hydrogen) atoms. The van der Waals surface area contributed by atoms with Crippen molar-refractivity contribution >= 4 is 21.8 Å². The van der Waals surface area contributed by atoms with E-state index >= 15 is 0 Å². The van der Waals surface area contributed by atoms with Gasteiger partial charge in [-0.3, -0.25) is 4.79 Å². The summed E-state index contributed by atoms with van der Waals surface area (Å²) in [4.78, 5) is 12.1. The number of hydrogen-bond acceptors (Lipinski definition) is 1. The Labute approximate surface area is 114 Å². The summed E-state index contributed by atoms with van der Waals surface area (Å²) >= 11 is 3.42. The molecule has 1 atom stereocenters. The fourth-order valence-electron chi connectivity index (χ4n) is 2.71. The van der Waals surface area contributed by atoms with Crippen LogP contribution in [0.4, 0.5) is 0 Å². The second-order valence-corrected chi connectivity index (χ2v) is 6.62. The SMILES string of the molecule is CC1(C)CCCCC1C(=O)NCCCCCBr. The van der Waals surface area contributed by atoms with Crippen LogP contribution in [0, 0.1) is 11.3 Å². The zero-order valence-electron chi connectivity index (χ0n) is 11.2. The largest absolute Gasteiger partial charge is 0.356 e. The van der Waals surface area contributed by atoms with Crippen molar-refractivity contribution in [3.8, 4) is 0 Å². The number of hydrogen-bond donors (Lipinski definition) is 1. The van der Waals surface area contributed by atoms with E-state index in [-0.39, 0.29) is 17.2 Å². The maximum Gasteiger partial charge on any atom is 0.223 e. The number of unbranched alkanes of at least 4 members (excludes halogenated alkanes) is 2. The van der Waals surface area contributed by atoms with Crippen LogP contribution in [0.5, 0.6) is 0 Å². The molecule has 2 nitrogen and oxygen atoms in total. The van der Waals surface area contributed by atoms with E-state index in [1.165, 1.54) is 32.1 Å². The Morgan fingerprint density at radius 2 is 2.06 bits per heavy atom. The van der Waals surface area contributed by atoms with E-state index in [2.05, 4.69) is 35.1 Å². The molecule has 1 aliphatic rings. The Kier molecular flexibility index (Phi) is 6.53. The van der Waals surface area contributed by atoms with Gasteiger partial charge in [-0.25, -0.2) is 0 Å². The molecule has 0 saturated heterocycles. The lowest BCUT2D eigenvalue weighted by molar-refractivity contribution is -0.130. The van der Waals surface area contributed by atoms with Crippen LogP contribution < -0.4 is 5.32 Å². The third kappa shape index (κ3) is 4.99. The highest BCUT2D eigenvalue weighted by Gasteiger charge is 2.36. The third-order valence-electron chi connectivity index (χ3n) is 3.93. The molecule has 0 aliphatic heterocycles. The minimum Gasteiger partial charge on any atom is -0.356 e. The summed E-state index contributed by atoms with van der Waals surface area (Å²) in [5.41, 5.74) is 0.193. The molecule has 1 fully saturated rings. The summed E-state index contributed by atoms with van der Waals surface area (Å²) in [5, 5.41) is 4.18. The molecule has 0 aromatic rings. The van der Waals surface area contributed by atoms with Crippen molar-refractivity contribution in [2.24, 2.45) is 11.3 Å². The van der Waals surface area contributed by atoms with E-state index in [9.17, 15) is 4.79 Å². The van der Waals surface area contributed by atoms with Gasteiger partial charge < -0.3 is 5.32 Å². The molecule has 1 saturated carbocycles. The van der Waals surface area contributed by atoms with Crippen LogP contribution in [-0.2, 0) is 4.79 Å². The summed E-state index contributed by atoms with van der Waals surface area (Å²) in [6.07, 6.45) is 8.25. The average Bonchev–Trinajstić information content (AvgIpc) is 2.28. The molecule has 0 aromatic heterocycles. The Bertz CT molecular complexity index is 240. The van der Waals surface area contributed by atoms with Crippen molar-refractivity contribution in [3.63, 3.8) is 0 Å². The highest BCUT2D eigenvalue weighted by atomic mass is 79.9. The molecule has 3 heteroatoms. The van der Waals surface area contributed by atoms with Gasteiger partial charge in [-0.05, 0) is 31.1 Å². The van der Waals surface area contributed by atoms with Crippen LogP contribution in [0.3, 0.4) is 0 Å². The molecule has 0 aromatic carbocycles.